The Bertz CT molecular complexity index is 548. The number of aromatic nitrogens is 2. The summed E-state index contributed by atoms with van der Waals surface area (Å²) in [5.74, 6) is 0. The molecule has 100 valence electrons. The third kappa shape index (κ3) is 3.38. The van der Waals surface area contributed by atoms with Gasteiger partial charge in [0.25, 0.3) is 5.69 Å². The molecule has 0 unspecified atom stereocenters. The zero-order chi connectivity index (χ0) is 13.7. The summed E-state index contributed by atoms with van der Waals surface area (Å²) in [5, 5.41) is 18.1. The molecular formula is C13H16N4O2. The van der Waals surface area contributed by atoms with Gasteiger partial charge in [-0.3, -0.25) is 10.1 Å². The minimum Gasteiger partial charge on any atom is -0.320 e. The highest BCUT2D eigenvalue weighted by atomic mass is 16.6. The second kappa shape index (κ2) is 6.10. The van der Waals surface area contributed by atoms with E-state index >= 15 is 0 Å². The highest BCUT2D eigenvalue weighted by molar-refractivity contribution is 5.40. The Morgan fingerprint density at radius 1 is 1.32 bits per heavy atom. The topological polar surface area (TPSA) is 73.0 Å². The van der Waals surface area contributed by atoms with Gasteiger partial charge in [-0.1, -0.05) is 0 Å². The molecule has 0 radical (unpaired) electrons. The van der Waals surface area contributed by atoms with E-state index in [9.17, 15) is 10.1 Å². The molecule has 2 aromatic rings. The summed E-state index contributed by atoms with van der Waals surface area (Å²) in [6.07, 6.45) is 3.82. The largest absolute Gasteiger partial charge is 0.320 e. The van der Waals surface area contributed by atoms with Crippen LogP contribution in [0.4, 0.5) is 5.69 Å². The maximum atomic E-state index is 10.6. The first-order chi connectivity index (χ1) is 9.20. The van der Waals surface area contributed by atoms with Crippen LogP contribution in [0, 0.1) is 10.1 Å². The van der Waals surface area contributed by atoms with Crippen molar-refractivity contribution in [2.75, 3.05) is 13.6 Å². The third-order valence-corrected chi connectivity index (χ3v) is 2.83. The average Bonchev–Trinajstić information content (AvgIpc) is 2.88. The van der Waals surface area contributed by atoms with Gasteiger partial charge in [0, 0.05) is 18.3 Å². The van der Waals surface area contributed by atoms with Gasteiger partial charge in [-0.2, -0.15) is 5.10 Å². The van der Waals surface area contributed by atoms with Gasteiger partial charge < -0.3 is 5.32 Å². The molecule has 0 spiro atoms. The molecular weight excluding hydrogens is 244 g/mol. The quantitative estimate of drug-likeness (QED) is 0.489. The van der Waals surface area contributed by atoms with E-state index in [4.69, 9.17) is 0 Å². The third-order valence-electron chi connectivity index (χ3n) is 2.83. The lowest BCUT2D eigenvalue weighted by atomic mass is 10.2. The monoisotopic (exact) mass is 260 g/mol. The lowest BCUT2D eigenvalue weighted by molar-refractivity contribution is -0.384. The van der Waals surface area contributed by atoms with Crippen molar-refractivity contribution < 1.29 is 4.92 Å². The van der Waals surface area contributed by atoms with Gasteiger partial charge in [0.2, 0.25) is 0 Å². The lowest BCUT2D eigenvalue weighted by Gasteiger charge is -2.01. The van der Waals surface area contributed by atoms with E-state index in [0.29, 0.717) is 0 Å². The summed E-state index contributed by atoms with van der Waals surface area (Å²) in [5.41, 5.74) is 1.93. The van der Waals surface area contributed by atoms with Crippen LogP contribution in [0.25, 0.3) is 5.69 Å². The summed E-state index contributed by atoms with van der Waals surface area (Å²) in [4.78, 5) is 10.2. The van der Waals surface area contributed by atoms with Gasteiger partial charge in [-0.25, -0.2) is 4.68 Å². The first-order valence-electron chi connectivity index (χ1n) is 6.14. The average molecular weight is 260 g/mol. The minimum atomic E-state index is -0.407. The molecule has 1 N–H and O–H groups in total. The van der Waals surface area contributed by atoms with Gasteiger partial charge in [-0.15, -0.1) is 0 Å². The number of nitrogens with zero attached hydrogens (tertiary/aromatic N) is 3. The van der Waals surface area contributed by atoms with Crippen molar-refractivity contribution in [3.05, 3.63) is 52.3 Å². The molecule has 0 saturated heterocycles. The molecule has 6 nitrogen and oxygen atoms in total. The van der Waals surface area contributed by atoms with Gasteiger partial charge in [-0.05, 0) is 44.6 Å². The second-order valence-corrected chi connectivity index (χ2v) is 4.23. The fourth-order valence-electron chi connectivity index (χ4n) is 1.81. The highest BCUT2D eigenvalue weighted by Crippen LogP contribution is 2.15. The predicted octanol–water partition coefficient (Wildman–Crippen LogP) is 1.93. The minimum absolute atomic E-state index is 0.0881. The van der Waals surface area contributed by atoms with Crippen LogP contribution in [0.5, 0.6) is 0 Å². The van der Waals surface area contributed by atoms with E-state index in [1.165, 1.54) is 12.1 Å². The maximum Gasteiger partial charge on any atom is 0.269 e. The Kier molecular flexibility index (Phi) is 4.25. The van der Waals surface area contributed by atoms with Gasteiger partial charge in [0.05, 0.1) is 16.3 Å². The Morgan fingerprint density at radius 2 is 2.05 bits per heavy atom. The van der Waals surface area contributed by atoms with Crippen molar-refractivity contribution in [1.82, 2.24) is 15.1 Å². The molecule has 1 aromatic carbocycles. The van der Waals surface area contributed by atoms with Crippen LogP contribution in [0.3, 0.4) is 0 Å². The standard InChI is InChI=1S/C13H16N4O2/c1-14-9-2-3-11-8-10-16(15-11)12-4-6-13(7-5-12)17(18)19/h4-8,10,14H,2-3,9H2,1H3. The highest BCUT2D eigenvalue weighted by Gasteiger charge is 2.06. The molecule has 0 saturated carbocycles. The molecule has 0 atom stereocenters. The number of nitro benzene ring substituents is 1. The van der Waals surface area contributed by atoms with E-state index in [2.05, 4.69) is 10.4 Å². The second-order valence-electron chi connectivity index (χ2n) is 4.23. The van der Waals surface area contributed by atoms with Crippen LogP contribution in [0.2, 0.25) is 0 Å². The predicted molar refractivity (Wildman–Crippen MR) is 72.5 cm³/mol. The van der Waals surface area contributed by atoms with Crippen LogP contribution < -0.4 is 5.32 Å². The molecule has 19 heavy (non-hydrogen) atoms. The summed E-state index contributed by atoms with van der Waals surface area (Å²) in [6, 6.07) is 8.33. The van der Waals surface area contributed by atoms with Crippen molar-refractivity contribution >= 4 is 5.69 Å². The number of rotatable bonds is 6. The first-order valence-corrected chi connectivity index (χ1v) is 6.14. The molecule has 0 amide bonds. The van der Waals surface area contributed by atoms with Crippen molar-refractivity contribution in [2.45, 2.75) is 12.8 Å². The van der Waals surface area contributed by atoms with Crippen molar-refractivity contribution in [2.24, 2.45) is 0 Å². The molecule has 1 heterocycles. The lowest BCUT2D eigenvalue weighted by Crippen LogP contribution is -2.08. The first kappa shape index (κ1) is 13.2. The summed E-state index contributed by atoms with van der Waals surface area (Å²) in [6.45, 7) is 0.963. The summed E-state index contributed by atoms with van der Waals surface area (Å²) >= 11 is 0. The van der Waals surface area contributed by atoms with Crippen molar-refractivity contribution in [1.29, 1.82) is 0 Å². The summed E-state index contributed by atoms with van der Waals surface area (Å²) in [7, 11) is 1.93. The fourth-order valence-corrected chi connectivity index (χ4v) is 1.81. The zero-order valence-electron chi connectivity index (χ0n) is 10.7. The van der Waals surface area contributed by atoms with E-state index in [1.807, 2.05) is 19.3 Å². The van der Waals surface area contributed by atoms with E-state index in [1.54, 1.807) is 16.8 Å². The molecule has 6 heteroatoms. The van der Waals surface area contributed by atoms with Crippen LogP contribution in [-0.2, 0) is 6.42 Å². The molecule has 1 aromatic heterocycles. The van der Waals surface area contributed by atoms with Crippen molar-refractivity contribution in [3.8, 4) is 5.69 Å². The van der Waals surface area contributed by atoms with Crippen LogP contribution in [0.15, 0.2) is 36.5 Å². The number of benzene rings is 1. The number of nitro groups is 1. The Labute approximate surface area is 111 Å². The normalized spacial score (nSPS) is 10.6. The van der Waals surface area contributed by atoms with Crippen LogP contribution >= 0.6 is 0 Å². The number of aryl methyl sites for hydroxylation is 1. The molecule has 2 rings (SSSR count). The van der Waals surface area contributed by atoms with Gasteiger partial charge in [0.1, 0.15) is 0 Å². The fraction of sp³-hybridized carbons (Fsp3) is 0.308. The molecule has 0 aliphatic carbocycles. The van der Waals surface area contributed by atoms with Crippen LogP contribution in [-0.4, -0.2) is 28.3 Å². The zero-order valence-corrected chi connectivity index (χ0v) is 10.7. The molecule has 0 bridgehead atoms. The van der Waals surface area contributed by atoms with Crippen molar-refractivity contribution in [3.63, 3.8) is 0 Å². The Morgan fingerprint density at radius 3 is 2.68 bits per heavy atom. The number of nitrogens with one attached hydrogen (secondary N) is 1. The smallest absolute Gasteiger partial charge is 0.269 e. The maximum absolute atomic E-state index is 10.6. The SMILES string of the molecule is CNCCCc1ccn(-c2ccc([N+](=O)[O-])cc2)n1. The molecule has 0 aliphatic rings. The summed E-state index contributed by atoms with van der Waals surface area (Å²) < 4.78 is 1.73. The van der Waals surface area contributed by atoms with E-state index in [0.717, 1.165) is 30.8 Å². The number of hydrogen-bond acceptors (Lipinski definition) is 4. The van der Waals surface area contributed by atoms with Crippen LogP contribution in [0.1, 0.15) is 12.1 Å². The van der Waals surface area contributed by atoms with Gasteiger partial charge >= 0.3 is 0 Å². The van der Waals surface area contributed by atoms with E-state index < -0.39 is 4.92 Å². The molecule has 0 aliphatic heterocycles. The number of hydrogen-bond donors (Lipinski definition) is 1. The van der Waals surface area contributed by atoms with E-state index in [-0.39, 0.29) is 5.69 Å². The molecule has 0 fully saturated rings. The number of non-ortho nitro benzene ring substituents is 1. The van der Waals surface area contributed by atoms with Gasteiger partial charge in [0.15, 0.2) is 0 Å². The Hall–Kier alpha value is -2.21. The Balaban J connectivity index is 2.07.